The zero-order chi connectivity index (χ0) is 15.1. The van der Waals surface area contributed by atoms with Crippen molar-refractivity contribution in [2.45, 2.75) is 26.4 Å². The molecule has 0 spiro atoms. The molecule has 4 N–H and O–H groups in total. The second-order valence-corrected chi connectivity index (χ2v) is 5.41. The minimum absolute atomic E-state index is 0.131. The molecule has 0 atom stereocenters. The van der Waals surface area contributed by atoms with Crippen LogP contribution in [0, 0.1) is 18.3 Å². The van der Waals surface area contributed by atoms with Crippen molar-refractivity contribution in [1.29, 1.82) is 5.26 Å². The predicted molar refractivity (Wildman–Crippen MR) is 80.7 cm³/mol. The number of anilines is 1. The van der Waals surface area contributed by atoms with E-state index in [-0.39, 0.29) is 11.9 Å². The number of aryl methyl sites for hydroxylation is 1. The van der Waals surface area contributed by atoms with Gasteiger partial charge in [0.15, 0.2) is 0 Å². The Balaban J connectivity index is 2.64. The van der Waals surface area contributed by atoms with Crippen molar-refractivity contribution in [3.8, 4) is 6.07 Å². The number of aliphatic imine (C=N–C) groups is 2. The summed E-state index contributed by atoms with van der Waals surface area (Å²) in [7, 11) is 0. The first kappa shape index (κ1) is 14.2. The Morgan fingerprint density at radius 3 is 2.50 bits per heavy atom. The lowest BCUT2D eigenvalue weighted by Gasteiger charge is -2.39. The topological polar surface area (TPSA) is 104 Å². The number of nitrogens with zero attached hydrogens (tertiary/aromatic N) is 4. The first-order valence-electron chi connectivity index (χ1n) is 5.96. The van der Waals surface area contributed by atoms with Crippen LogP contribution >= 0.6 is 11.6 Å². The zero-order valence-corrected chi connectivity index (χ0v) is 12.2. The van der Waals surface area contributed by atoms with Gasteiger partial charge in [0.25, 0.3) is 0 Å². The van der Waals surface area contributed by atoms with Crippen molar-refractivity contribution < 1.29 is 0 Å². The third-order valence-corrected chi connectivity index (χ3v) is 3.29. The molecule has 7 heteroatoms. The van der Waals surface area contributed by atoms with Gasteiger partial charge in [0.2, 0.25) is 11.9 Å². The molecule has 104 valence electrons. The molecule has 0 unspecified atom stereocenters. The summed E-state index contributed by atoms with van der Waals surface area (Å²) in [6.07, 6.45) is 0. The lowest BCUT2D eigenvalue weighted by atomic mass is 10.1. The fourth-order valence-corrected chi connectivity index (χ4v) is 2.63. The minimum Gasteiger partial charge on any atom is -0.369 e. The van der Waals surface area contributed by atoms with E-state index in [1.54, 1.807) is 17.0 Å². The van der Waals surface area contributed by atoms with Gasteiger partial charge < -0.3 is 11.5 Å². The number of hydrogen-bond acceptors (Lipinski definition) is 6. The van der Waals surface area contributed by atoms with E-state index in [9.17, 15) is 0 Å². The van der Waals surface area contributed by atoms with E-state index in [4.69, 9.17) is 28.3 Å². The Kier molecular flexibility index (Phi) is 3.32. The quantitative estimate of drug-likeness (QED) is 0.821. The van der Waals surface area contributed by atoms with Crippen molar-refractivity contribution in [3.05, 3.63) is 28.3 Å². The molecule has 0 aromatic heterocycles. The maximum Gasteiger partial charge on any atom is 0.220 e. The van der Waals surface area contributed by atoms with E-state index in [2.05, 4.69) is 16.1 Å². The molecule has 0 saturated heterocycles. The molecule has 0 fully saturated rings. The maximum atomic E-state index is 8.97. The van der Waals surface area contributed by atoms with E-state index in [0.717, 1.165) is 5.56 Å². The highest BCUT2D eigenvalue weighted by Crippen LogP contribution is 2.36. The van der Waals surface area contributed by atoms with Crippen LogP contribution in [0.5, 0.6) is 0 Å². The summed E-state index contributed by atoms with van der Waals surface area (Å²) in [4.78, 5) is 9.97. The molecule has 1 aliphatic heterocycles. The van der Waals surface area contributed by atoms with E-state index < -0.39 is 5.66 Å². The molecule has 0 aliphatic carbocycles. The van der Waals surface area contributed by atoms with Gasteiger partial charge in [0, 0.05) is 0 Å². The number of rotatable bonds is 1. The minimum atomic E-state index is -0.710. The Morgan fingerprint density at radius 2 is 2.00 bits per heavy atom. The van der Waals surface area contributed by atoms with Crippen LogP contribution in [0.4, 0.5) is 5.69 Å². The lowest BCUT2D eigenvalue weighted by molar-refractivity contribution is 0.533. The van der Waals surface area contributed by atoms with Crippen LogP contribution in [0.1, 0.15) is 25.0 Å². The summed E-state index contributed by atoms with van der Waals surface area (Å²) in [5, 5.41) is 9.39. The highest BCUT2D eigenvalue weighted by molar-refractivity contribution is 6.34. The SMILES string of the molecule is Cc1cc(C#N)cc(Cl)c1N1C(N)=NC(N)=NC1(C)C. The summed E-state index contributed by atoms with van der Waals surface area (Å²) >= 11 is 6.29. The smallest absolute Gasteiger partial charge is 0.220 e. The van der Waals surface area contributed by atoms with Crippen LogP contribution in [0.2, 0.25) is 5.02 Å². The second kappa shape index (κ2) is 4.69. The molecule has 1 aromatic carbocycles. The van der Waals surface area contributed by atoms with Crippen LogP contribution in [0.3, 0.4) is 0 Å². The largest absolute Gasteiger partial charge is 0.369 e. The molecule has 1 aromatic rings. The number of nitriles is 1. The standard InChI is InChI=1S/C13H15ClN6/c1-7-4-8(6-15)5-9(14)10(7)20-12(17)18-11(16)19-13(20,2)3/h4-5H,1-3H3,(H4,16,17,18,19). The van der Waals surface area contributed by atoms with Crippen LogP contribution in [0.25, 0.3) is 0 Å². The summed E-state index contributed by atoms with van der Waals surface area (Å²) in [6.45, 7) is 5.57. The third-order valence-electron chi connectivity index (χ3n) is 3.00. The van der Waals surface area contributed by atoms with Gasteiger partial charge in [-0.3, -0.25) is 4.90 Å². The summed E-state index contributed by atoms with van der Waals surface area (Å²) < 4.78 is 0. The summed E-state index contributed by atoms with van der Waals surface area (Å²) in [5.74, 6) is 0.350. The number of guanidine groups is 2. The summed E-state index contributed by atoms with van der Waals surface area (Å²) in [5.41, 5.74) is 12.9. The van der Waals surface area contributed by atoms with E-state index >= 15 is 0 Å². The van der Waals surface area contributed by atoms with Gasteiger partial charge in [0.1, 0.15) is 5.66 Å². The van der Waals surface area contributed by atoms with E-state index in [0.29, 0.717) is 16.3 Å². The highest BCUT2D eigenvalue weighted by atomic mass is 35.5. The van der Waals surface area contributed by atoms with Crippen molar-refractivity contribution in [2.24, 2.45) is 21.5 Å². The number of benzene rings is 1. The molecule has 0 bridgehead atoms. The molecule has 0 amide bonds. The molecule has 0 saturated carbocycles. The molecule has 20 heavy (non-hydrogen) atoms. The first-order valence-corrected chi connectivity index (χ1v) is 6.34. The van der Waals surface area contributed by atoms with Gasteiger partial charge in [-0.1, -0.05) is 11.6 Å². The van der Waals surface area contributed by atoms with Gasteiger partial charge in [-0.2, -0.15) is 10.3 Å². The monoisotopic (exact) mass is 290 g/mol. The van der Waals surface area contributed by atoms with Gasteiger partial charge in [-0.15, -0.1) is 0 Å². The molecule has 1 heterocycles. The van der Waals surface area contributed by atoms with Crippen LogP contribution in [-0.4, -0.2) is 17.6 Å². The average molecular weight is 291 g/mol. The van der Waals surface area contributed by atoms with Gasteiger partial charge in [-0.05, 0) is 38.5 Å². The van der Waals surface area contributed by atoms with Gasteiger partial charge >= 0.3 is 0 Å². The normalized spacial score (nSPS) is 17.2. The van der Waals surface area contributed by atoms with Gasteiger partial charge in [0.05, 0.1) is 22.3 Å². The Morgan fingerprint density at radius 1 is 1.35 bits per heavy atom. The fourth-order valence-electron chi connectivity index (χ4n) is 2.28. The predicted octanol–water partition coefficient (Wildman–Crippen LogP) is 1.71. The Bertz CT molecular complexity index is 645. The Labute approximate surface area is 122 Å². The number of nitrogens with two attached hydrogens (primary N) is 2. The van der Waals surface area contributed by atoms with Crippen molar-refractivity contribution in [3.63, 3.8) is 0 Å². The molecular weight excluding hydrogens is 276 g/mol. The molecule has 6 nitrogen and oxygen atoms in total. The molecular formula is C13H15ClN6. The van der Waals surface area contributed by atoms with E-state index in [1.165, 1.54) is 0 Å². The molecule has 0 radical (unpaired) electrons. The molecule has 1 aliphatic rings. The maximum absolute atomic E-state index is 8.97. The van der Waals surface area contributed by atoms with Crippen LogP contribution in [0.15, 0.2) is 22.1 Å². The number of hydrogen-bond donors (Lipinski definition) is 2. The highest BCUT2D eigenvalue weighted by Gasteiger charge is 2.35. The van der Waals surface area contributed by atoms with Crippen LogP contribution < -0.4 is 16.4 Å². The van der Waals surface area contributed by atoms with E-state index in [1.807, 2.05) is 20.8 Å². The average Bonchev–Trinajstić information content (AvgIpc) is 2.30. The van der Waals surface area contributed by atoms with Crippen molar-refractivity contribution >= 4 is 29.2 Å². The second-order valence-electron chi connectivity index (χ2n) is 5.01. The zero-order valence-electron chi connectivity index (χ0n) is 11.5. The summed E-state index contributed by atoms with van der Waals surface area (Å²) in [6, 6.07) is 5.40. The van der Waals surface area contributed by atoms with Crippen molar-refractivity contribution in [1.82, 2.24) is 0 Å². The van der Waals surface area contributed by atoms with Gasteiger partial charge in [-0.25, -0.2) is 4.99 Å². The fraction of sp³-hybridized carbons (Fsp3) is 0.308. The Hall–Kier alpha value is -2.26. The van der Waals surface area contributed by atoms with Crippen LogP contribution in [-0.2, 0) is 0 Å². The van der Waals surface area contributed by atoms with Crippen molar-refractivity contribution in [2.75, 3.05) is 4.90 Å². The first-order chi connectivity index (χ1) is 9.26. The molecule has 2 rings (SSSR count). The third kappa shape index (κ3) is 2.28. The number of halogens is 1. The lowest BCUT2D eigenvalue weighted by Crippen LogP contribution is -2.54.